The zero-order valence-electron chi connectivity index (χ0n) is 31.6. The molecule has 0 saturated heterocycles. The van der Waals surface area contributed by atoms with Gasteiger partial charge in [-0.05, 0) is 74.3 Å². The van der Waals surface area contributed by atoms with Crippen molar-refractivity contribution in [3.05, 3.63) is 88.0 Å². The van der Waals surface area contributed by atoms with Crippen molar-refractivity contribution in [2.45, 2.75) is 111 Å². The molecular formula is C41H60N2O9. The maximum Gasteiger partial charge on any atom is 0.330 e. The molecule has 11 nitrogen and oxygen atoms in total. The van der Waals surface area contributed by atoms with E-state index in [2.05, 4.69) is 54.3 Å². The first-order valence-electron chi connectivity index (χ1n) is 18.6. The first-order valence-corrected chi connectivity index (χ1v) is 18.6. The van der Waals surface area contributed by atoms with E-state index in [1.54, 1.807) is 30.4 Å². The Bertz CT molecular complexity index is 1340. The molecule has 0 aliphatic carbocycles. The van der Waals surface area contributed by atoms with Crippen LogP contribution in [0.3, 0.4) is 0 Å². The smallest absolute Gasteiger partial charge is 0.330 e. The van der Waals surface area contributed by atoms with Crippen molar-refractivity contribution in [3.63, 3.8) is 0 Å². The van der Waals surface area contributed by atoms with Crippen molar-refractivity contribution in [1.82, 2.24) is 5.32 Å². The number of nitrogens with zero attached hydrogens (tertiary/aromatic N) is 1. The number of methoxy groups -OCH3 is 1. The zero-order valence-corrected chi connectivity index (χ0v) is 31.6. The number of benzene rings is 2. The molecule has 0 atom stereocenters. The molecule has 11 heteroatoms. The summed E-state index contributed by atoms with van der Waals surface area (Å²) < 4.78 is 15.5. The van der Waals surface area contributed by atoms with E-state index in [0.717, 1.165) is 12.3 Å². The van der Waals surface area contributed by atoms with Crippen LogP contribution in [0.5, 0.6) is 11.5 Å². The molecule has 0 aliphatic heterocycles. The Morgan fingerprint density at radius 3 is 2.29 bits per heavy atom. The fourth-order valence-electron chi connectivity index (χ4n) is 5.42. The van der Waals surface area contributed by atoms with Gasteiger partial charge in [0.2, 0.25) is 5.91 Å². The van der Waals surface area contributed by atoms with Crippen LogP contribution in [0.1, 0.15) is 115 Å². The summed E-state index contributed by atoms with van der Waals surface area (Å²) in [6, 6.07) is 15.8. The molecule has 0 fully saturated rings. The molecule has 2 aromatic carbocycles. The first kappa shape index (κ1) is 45.4. The summed E-state index contributed by atoms with van der Waals surface area (Å²) in [5.74, 6) is 0.169. The number of allylic oxidation sites excluding steroid dienone is 2. The van der Waals surface area contributed by atoms with Crippen LogP contribution in [0.25, 0.3) is 6.08 Å². The van der Waals surface area contributed by atoms with E-state index in [4.69, 9.17) is 14.2 Å². The van der Waals surface area contributed by atoms with Crippen molar-refractivity contribution < 1.29 is 38.5 Å². The van der Waals surface area contributed by atoms with Crippen molar-refractivity contribution >= 4 is 23.9 Å². The third kappa shape index (κ3) is 23.7. The number of ether oxygens (including phenoxy) is 3. The molecule has 0 saturated carbocycles. The number of carbonyl (C=O) groups excluding carboxylic acids is 3. The molecule has 1 N–H and O–H groups in total. The van der Waals surface area contributed by atoms with Crippen molar-refractivity contribution in [3.8, 4) is 11.5 Å². The molecular weight excluding hydrogens is 664 g/mol. The average Bonchev–Trinajstić information content (AvgIpc) is 3.14. The zero-order chi connectivity index (χ0) is 38.2. The van der Waals surface area contributed by atoms with E-state index >= 15 is 0 Å². The van der Waals surface area contributed by atoms with Gasteiger partial charge in [0.05, 0.1) is 13.7 Å². The monoisotopic (exact) mass is 724 g/mol. The summed E-state index contributed by atoms with van der Waals surface area (Å²) in [6.45, 7) is 6.14. The highest BCUT2D eigenvalue weighted by molar-refractivity contribution is 5.83. The molecule has 1 amide bonds. The third-order valence-electron chi connectivity index (χ3n) is 8.04. The highest BCUT2D eigenvalue weighted by atomic mass is 16.9. The molecule has 0 unspecified atom stereocenters. The number of carbonyl (C=O) groups is 3. The second-order valence-corrected chi connectivity index (χ2v) is 12.4. The highest BCUT2D eigenvalue weighted by Crippen LogP contribution is 2.28. The van der Waals surface area contributed by atoms with E-state index in [9.17, 15) is 24.5 Å². The number of rotatable bonds is 26. The van der Waals surface area contributed by atoms with Gasteiger partial charge in [0, 0.05) is 12.8 Å². The molecule has 2 rings (SSSR count). The summed E-state index contributed by atoms with van der Waals surface area (Å²) >= 11 is 0. The SMILES string of the molecule is C/C=C\CCCC(=O)NCC(=O)Oc1ccc(/C=C/COC(=O)CCCO[N+](=O)[O-])cc1OC.CCCC(CCC)CCCCCc1ccccc1. The molecule has 0 bridgehead atoms. The van der Waals surface area contributed by atoms with Gasteiger partial charge in [-0.1, -0.05) is 113 Å². The highest BCUT2D eigenvalue weighted by Gasteiger charge is 2.12. The Morgan fingerprint density at radius 2 is 1.62 bits per heavy atom. The Hall–Kier alpha value is -4.67. The summed E-state index contributed by atoms with van der Waals surface area (Å²) in [7, 11) is 1.43. The lowest BCUT2D eigenvalue weighted by Gasteiger charge is -2.14. The molecule has 0 spiro atoms. The van der Waals surface area contributed by atoms with Gasteiger partial charge < -0.3 is 24.4 Å². The second-order valence-electron chi connectivity index (χ2n) is 12.4. The van der Waals surface area contributed by atoms with E-state index in [-0.39, 0.29) is 44.3 Å². The molecule has 0 aliphatic rings. The number of hydrogen-bond acceptors (Lipinski definition) is 9. The standard InChI is InChI=1S/C23H30N2O9.C18H30/c1-3-4-5-6-10-21(26)24-17-23(28)34-19-13-12-18(16-20(19)31-2)9-7-14-32-22(27)11-8-15-33-25(29)30;1-3-11-17(12-4-2)13-7-5-8-14-18-15-9-6-10-16-18/h3-4,7,9,12-13,16H,5-6,8,10-11,14-15,17H2,1-2H3,(H,24,26);6,9-10,15-17H,3-5,7-8,11-14H2,1-2H3/b4-3-,9-7+;. The summed E-state index contributed by atoms with van der Waals surface area (Å²) in [6.07, 6.45) is 21.7. The van der Waals surface area contributed by atoms with Gasteiger partial charge in [-0.3, -0.25) is 9.59 Å². The van der Waals surface area contributed by atoms with Crippen LogP contribution < -0.4 is 14.8 Å². The van der Waals surface area contributed by atoms with E-state index in [1.807, 2.05) is 19.1 Å². The molecule has 0 aromatic heterocycles. The lowest BCUT2D eigenvalue weighted by Crippen LogP contribution is -2.31. The molecule has 52 heavy (non-hydrogen) atoms. The minimum atomic E-state index is -0.916. The van der Waals surface area contributed by atoms with E-state index < -0.39 is 17.0 Å². The van der Waals surface area contributed by atoms with Gasteiger partial charge >= 0.3 is 11.9 Å². The average molecular weight is 725 g/mol. The Morgan fingerprint density at radius 1 is 0.865 bits per heavy atom. The van der Waals surface area contributed by atoms with Gasteiger partial charge in [-0.15, -0.1) is 10.1 Å². The van der Waals surface area contributed by atoms with Gasteiger partial charge in [0.15, 0.2) is 11.5 Å². The van der Waals surface area contributed by atoms with Crippen LogP contribution >= 0.6 is 0 Å². The summed E-state index contributed by atoms with van der Waals surface area (Å²) in [4.78, 5) is 49.5. The number of nitrogens with one attached hydrogen (secondary N) is 1. The predicted octanol–water partition coefficient (Wildman–Crippen LogP) is 9.01. The van der Waals surface area contributed by atoms with Gasteiger partial charge in [-0.2, -0.15) is 0 Å². The van der Waals surface area contributed by atoms with Crippen LogP contribution in [0, 0.1) is 16.0 Å². The number of esters is 2. The quantitative estimate of drug-likeness (QED) is 0.0251. The lowest BCUT2D eigenvalue weighted by atomic mass is 9.92. The van der Waals surface area contributed by atoms with Crippen LogP contribution in [0.15, 0.2) is 66.8 Å². The van der Waals surface area contributed by atoms with Crippen LogP contribution in [-0.4, -0.2) is 49.8 Å². The van der Waals surface area contributed by atoms with Crippen LogP contribution in [0.4, 0.5) is 0 Å². The Balaban J connectivity index is 0.000000629. The van der Waals surface area contributed by atoms with Crippen LogP contribution in [-0.2, 0) is 30.4 Å². The first-order chi connectivity index (χ1) is 25.2. The number of amides is 1. The third-order valence-corrected chi connectivity index (χ3v) is 8.04. The fraction of sp³-hybridized carbons (Fsp3) is 0.537. The maximum absolute atomic E-state index is 12.0. The van der Waals surface area contributed by atoms with Crippen molar-refractivity contribution in [2.24, 2.45) is 5.92 Å². The molecule has 2 aromatic rings. The minimum Gasteiger partial charge on any atom is -0.493 e. The number of unbranched alkanes of at least 4 members (excludes halogenated alkanes) is 3. The topological polar surface area (TPSA) is 143 Å². The molecule has 288 valence electrons. The predicted molar refractivity (Wildman–Crippen MR) is 204 cm³/mol. The second kappa shape index (κ2) is 30.0. The molecule has 0 radical (unpaired) electrons. The Kier molecular flexibility index (Phi) is 26.2. The van der Waals surface area contributed by atoms with E-state index in [1.165, 1.54) is 70.5 Å². The van der Waals surface area contributed by atoms with E-state index in [0.29, 0.717) is 24.2 Å². The largest absolute Gasteiger partial charge is 0.493 e. The van der Waals surface area contributed by atoms with Crippen molar-refractivity contribution in [2.75, 3.05) is 26.9 Å². The molecule has 0 heterocycles. The summed E-state index contributed by atoms with van der Waals surface area (Å²) in [5.41, 5.74) is 2.21. The van der Waals surface area contributed by atoms with Crippen molar-refractivity contribution in [1.29, 1.82) is 0 Å². The Labute approximate surface area is 310 Å². The number of hydrogen-bond donors (Lipinski definition) is 1. The normalized spacial score (nSPS) is 10.9. The minimum absolute atomic E-state index is 0.00617. The van der Waals surface area contributed by atoms with Gasteiger partial charge in [0.25, 0.3) is 5.09 Å². The summed E-state index contributed by atoms with van der Waals surface area (Å²) in [5, 5.41) is 11.6. The lowest BCUT2D eigenvalue weighted by molar-refractivity contribution is -0.757. The maximum atomic E-state index is 12.0. The number of aryl methyl sites for hydroxylation is 1. The van der Waals surface area contributed by atoms with Crippen LogP contribution in [0.2, 0.25) is 0 Å². The fourth-order valence-corrected chi connectivity index (χ4v) is 5.42. The van der Waals surface area contributed by atoms with Gasteiger partial charge in [-0.25, -0.2) is 4.79 Å². The van der Waals surface area contributed by atoms with Gasteiger partial charge in [0.1, 0.15) is 13.2 Å².